The highest BCUT2D eigenvalue weighted by atomic mass is 32.2. The number of hydrogen-bond donors (Lipinski definition) is 3. The molecule has 0 amide bonds. The summed E-state index contributed by atoms with van der Waals surface area (Å²) in [7, 11) is 5.63. The number of nitrogens with zero attached hydrogens (tertiary/aromatic N) is 3. The SMILES string of the molecule is COC(=O)CN(Cc1c(C)cccc1Nc1nc(Nc2cc(OC)c(OC)c(OC)c2)ncc1F)S(=O)O. The number of carbonyl (C=O) groups excluding carboxylic acids is 1. The van der Waals surface area contributed by atoms with Crippen molar-refractivity contribution >= 4 is 40.4 Å². The van der Waals surface area contributed by atoms with Crippen LogP contribution in [0.15, 0.2) is 36.5 Å². The smallest absolute Gasteiger partial charge is 0.321 e. The van der Waals surface area contributed by atoms with E-state index in [1.54, 1.807) is 37.3 Å². The summed E-state index contributed by atoms with van der Waals surface area (Å²) in [4.78, 5) is 19.9. The van der Waals surface area contributed by atoms with E-state index in [0.717, 1.165) is 16.1 Å². The van der Waals surface area contributed by atoms with Gasteiger partial charge in [0.1, 0.15) is 6.54 Å². The van der Waals surface area contributed by atoms with Crippen molar-refractivity contribution < 1.29 is 36.9 Å². The Morgan fingerprint density at radius 1 is 1.11 bits per heavy atom. The fraction of sp³-hybridized carbons (Fsp3) is 0.292. The second-order valence-electron chi connectivity index (χ2n) is 7.76. The lowest BCUT2D eigenvalue weighted by Gasteiger charge is -2.21. The summed E-state index contributed by atoms with van der Waals surface area (Å²) < 4.78 is 57.9. The lowest BCUT2D eigenvalue weighted by molar-refractivity contribution is -0.140. The molecule has 1 atom stereocenters. The van der Waals surface area contributed by atoms with Crippen molar-refractivity contribution in [1.82, 2.24) is 14.3 Å². The monoisotopic (exact) mass is 549 g/mol. The molecule has 3 rings (SSSR count). The molecule has 0 aliphatic heterocycles. The van der Waals surface area contributed by atoms with Crippen LogP contribution in [0.2, 0.25) is 0 Å². The summed E-state index contributed by atoms with van der Waals surface area (Å²) in [5.74, 6) is -0.286. The molecule has 1 aromatic heterocycles. The lowest BCUT2D eigenvalue weighted by Crippen LogP contribution is -2.32. The number of nitrogens with one attached hydrogen (secondary N) is 2. The molecule has 0 aliphatic rings. The Kier molecular flexibility index (Phi) is 9.76. The molecule has 0 aliphatic carbocycles. The van der Waals surface area contributed by atoms with Crippen molar-refractivity contribution in [3.05, 3.63) is 53.5 Å². The Labute approximate surface area is 221 Å². The van der Waals surface area contributed by atoms with E-state index < -0.39 is 29.6 Å². The molecule has 1 heterocycles. The van der Waals surface area contributed by atoms with Crippen LogP contribution in [0.25, 0.3) is 0 Å². The number of ether oxygens (including phenoxy) is 4. The zero-order valence-electron chi connectivity index (χ0n) is 21.4. The minimum Gasteiger partial charge on any atom is -0.493 e. The standard InChI is InChI=1S/C24H28FN5O7S/c1-14-7-6-8-18(16(14)12-30(38(32)33)13-21(31)36-4)28-23-17(25)11-26-24(29-23)27-15-9-19(34-2)22(37-5)20(10-15)35-3/h6-11H,12-13H2,1-5H3,(H,32,33)(H2,26,27,28,29). The number of rotatable bonds is 12. The second kappa shape index (κ2) is 13.0. The van der Waals surface area contributed by atoms with Crippen molar-refractivity contribution in [3.63, 3.8) is 0 Å². The minimum atomic E-state index is -2.46. The van der Waals surface area contributed by atoms with Gasteiger partial charge in [0.15, 0.2) is 23.1 Å². The average molecular weight is 550 g/mol. The molecule has 12 nitrogen and oxygen atoms in total. The van der Waals surface area contributed by atoms with Crippen molar-refractivity contribution in [2.45, 2.75) is 13.5 Å². The van der Waals surface area contributed by atoms with Gasteiger partial charge in [0, 0.05) is 30.1 Å². The van der Waals surface area contributed by atoms with E-state index in [1.807, 2.05) is 0 Å². The maximum absolute atomic E-state index is 14.7. The molecular formula is C24H28FN5O7S. The van der Waals surface area contributed by atoms with Crippen molar-refractivity contribution in [2.24, 2.45) is 0 Å². The maximum atomic E-state index is 14.7. The first-order valence-electron chi connectivity index (χ1n) is 11.1. The zero-order chi connectivity index (χ0) is 27.8. The summed E-state index contributed by atoms with van der Waals surface area (Å²) in [5, 5.41) is 5.91. The number of benzene rings is 2. The van der Waals surface area contributed by atoms with E-state index in [4.69, 9.17) is 14.2 Å². The highest BCUT2D eigenvalue weighted by Gasteiger charge is 2.21. The summed E-state index contributed by atoms with van der Waals surface area (Å²) in [5.41, 5.74) is 2.20. The van der Waals surface area contributed by atoms with Crippen molar-refractivity contribution in [1.29, 1.82) is 0 Å². The summed E-state index contributed by atoms with van der Waals surface area (Å²) in [6, 6.07) is 8.46. The quantitative estimate of drug-likeness (QED) is 0.225. The highest BCUT2D eigenvalue weighted by molar-refractivity contribution is 7.76. The zero-order valence-corrected chi connectivity index (χ0v) is 22.2. The van der Waals surface area contributed by atoms with E-state index in [0.29, 0.717) is 34.2 Å². The first-order valence-corrected chi connectivity index (χ1v) is 12.1. The number of halogens is 1. The van der Waals surface area contributed by atoms with Crippen LogP contribution in [0.4, 0.5) is 27.5 Å². The fourth-order valence-corrected chi connectivity index (χ4v) is 3.96. The third-order valence-electron chi connectivity index (χ3n) is 5.42. The van der Waals surface area contributed by atoms with Gasteiger partial charge < -0.3 is 29.6 Å². The molecular weight excluding hydrogens is 521 g/mol. The summed E-state index contributed by atoms with van der Waals surface area (Å²) >= 11 is -2.46. The van der Waals surface area contributed by atoms with Gasteiger partial charge in [-0.1, -0.05) is 12.1 Å². The highest BCUT2D eigenvalue weighted by Crippen LogP contribution is 2.40. The van der Waals surface area contributed by atoms with E-state index in [9.17, 15) is 17.9 Å². The van der Waals surface area contributed by atoms with Crippen LogP contribution < -0.4 is 24.8 Å². The largest absolute Gasteiger partial charge is 0.493 e. The van der Waals surface area contributed by atoms with E-state index in [2.05, 4.69) is 25.3 Å². The Balaban J connectivity index is 1.91. The van der Waals surface area contributed by atoms with Crippen LogP contribution in [0.3, 0.4) is 0 Å². The molecule has 0 bridgehead atoms. The maximum Gasteiger partial charge on any atom is 0.321 e. The number of aromatic nitrogens is 2. The van der Waals surface area contributed by atoms with Gasteiger partial charge in [-0.25, -0.2) is 13.6 Å². The second-order valence-corrected chi connectivity index (χ2v) is 8.74. The van der Waals surface area contributed by atoms with Gasteiger partial charge in [-0.3, -0.25) is 9.35 Å². The first-order chi connectivity index (χ1) is 18.2. The van der Waals surface area contributed by atoms with Crippen LogP contribution in [0.5, 0.6) is 17.2 Å². The Morgan fingerprint density at radius 3 is 2.37 bits per heavy atom. The molecule has 0 saturated carbocycles. The molecule has 1 unspecified atom stereocenters. The topological polar surface area (TPSA) is 144 Å². The van der Waals surface area contributed by atoms with E-state index >= 15 is 0 Å². The van der Waals surface area contributed by atoms with Crippen molar-refractivity contribution in [2.75, 3.05) is 45.6 Å². The molecule has 3 aromatic rings. The number of esters is 1. The number of anilines is 4. The fourth-order valence-electron chi connectivity index (χ4n) is 3.51. The molecule has 0 spiro atoms. The first kappa shape index (κ1) is 28.6. The molecule has 3 N–H and O–H groups in total. The molecule has 0 radical (unpaired) electrons. The molecule has 14 heteroatoms. The average Bonchev–Trinajstić information content (AvgIpc) is 2.90. The third-order valence-corrected chi connectivity index (χ3v) is 6.12. The molecule has 38 heavy (non-hydrogen) atoms. The van der Waals surface area contributed by atoms with Crippen LogP contribution in [-0.2, 0) is 27.3 Å². The number of methoxy groups -OCH3 is 4. The van der Waals surface area contributed by atoms with Crippen molar-refractivity contribution in [3.8, 4) is 17.2 Å². The Hall–Kier alpha value is -4.01. The predicted octanol–water partition coefficient (Wildman–Crippen LogP) is 3.55. The van der Waals surface area contributed by atoms with Gasteiger partial charge in [0.25, 0.3) is 0 Å². The summed E-state index contributed by atoms with van der Waals surface area (Å²) in [6.45, 7) is 1.26. The Morgan fingerprint density at radius 2 is 1.79 bits per heavy atom. The molecule has 204 valence electrons. The van der Waals surface area contributed by atoms with Gasteiger partial charge in [0.2, 0.25) is 23.0 Å². The number of carbonyl (C=O) groups is 1. The normalized spacial score (nSPS) is 11.6. The predicted molar refractivity (Wildman–Crippen MR) is 139 cm³/mol. The van der Waals surface area contributed by atoms with Crippen LogP contribution in [0, 0.1) is 12.7 Å². The molecule has 0 saturated heterocycles. The molecule has 2 aromatic carbocycles. The van der Waals surface area contributed by atoms with Gasteiger partial charge in [-0.15, -0.1) is 0 Å². The van der Waals surface area contributed by atoms with Crippen LogP contribution in [-0.4, -0.2) is 64.0 Å². The lowest BCUT2D eigenvalue weighted by atomic mass is 10.1. The Bertz CT molecular complexity index is 1300. The van der Waals surface area contributed by atoms with E-state index in [1.165, 1.54) is 28.4 Å². The number of hydrogen-bond acceptors (Lipinski definition) is 10. The van der Waals surface area contributed by atoms with Crippen LogP contribution in [0.1, 0.15) is 11.1 Å². The minimum absolute atomic E-state index is 0.0705. The summed E-state index contributed by atoms with van der Waals surface area (Å²) in [6.07, 6.45) is 0.997. The van der Waals surface area contributed by atoms with Gasteiger partial charge in [-0.05, 0) is 24.1 Å². The van der Waals surface area contributed by atoms with Gasteiger partial charge in [0.05, 0.1) is 34.6 Å². The van der Waals surface area contributed by atoms with Gasteiger partial charge >= 0.3 is 5.97 Å². The molecule has 0 fully saturated rings. The van der Waals surface area contributed by atoms with E-state index in [-0.39, 0.29) is 18.3 Å². The number of aryl methyl sites for hydroxylation is 1. The third kappa shape index (κ3) is 6.85. The van der Waals surface area contributed by atoms with Crippen LogP contribution >= 0.6 is 0 Å². The van der Waals surface area contributed by atoms with Gasteiger partial charge in [-0.2, -0.15) is 9.29 Å².